The molecule has 0 bridgehead atoms. The maximum absolute atomic E-state index is 12.9. The van der Waals surface area contributed by atoms with Gasteiger partial charge in [-0.2, -0.15) is 9.57 Å². The van der Waals surface area contributed by atoms with Gasteiger partial charge in [-0.1, -0.05) is 30.2 Å². The normalized spacial score (nSPS) is 15.8. The van der Waals surface area contributed by atoms with Crippen LogP contribution in [0.25, 0.3) is 0 Å². The predicted octanol–water partition coefficient (Wildman–Crippen LogP) is 3.79. The van der Waals surface area contributed by atoms with Crippen LogP contribution in [0.3, 0.4) is 0 Å². The fraction of sp³-hybridized carbons (Fsp3) is 0.333. The molecule has 1 atom stereocenters. The van der Waals surface area contributed by atoms with E-state index in [1.807, 2.05) is 6.07 Å². The minimum atomic E-state index is -3.66. The van der Waals surface area contributed by atoms with Crippen LogP contribution in [0.5, 0.6) is 5.75 Å². The molecule has 1 saturated heterocycles. The standard InChI is InChI=1S/C21H22ClN3O4S/c1-15(29-20-8-4-3-7-16(20)14-23)21(26)24-19-13-17(9-10-18(19)22)30(27,28)25-11-5-2-6-12-25/h3-4,7-10,13,15H,2,5-6,11-12H2,1H3,(H,24,26). The molecule has 2 aromatic carbocycles. The molecule has 0 aromatic heterocycles. The Morgan fingerprint density at radius 1 is 1.20 bits per heavy atom. The molecule has 1 fully saturated rings. The molecule has 0 aliphatic carbocycles. The second-order valence-corrected chi connectivity index (χ2v) is 9.31. The van der Waals surface area contributed by atoms with Crippen molar-refractivity contribution in [2.75, 3.05) is 18.4 Å². The molecular weight excluding hydrogens is 426 g/mol. The Labute approximate surface area is 181 Å². The number of hydrogen-bond acceptors (Lipinski definition) is 5. The molecule has 30 heavy (non-hydrogen) atoms. The quantitative estimate of drug-likeness (QED) is 0.726. The number of para-hydroxylation sites is 1. The van der Waals surface area contributed by atoms with Crippen LogP contribution in [-0.4, -0.2) is 37.8 Å². The van der Waals surface area contributed by atoms with Crippen molar-refractivity contribution in [2.45, 2.75) is 37.2 Å². The molecule has 1 aliphatic rings. The Bertz CT molecular complexity index is 1080. The lowest BCUT2D eigenvalue weighted by atomic mass is 10.2. The van der Waals surface area contributed by atoms with E-state index in [4.69, 9.17) is 21.6 Å². The van der Waals surface area contributed by atoms with Gasteiger partial charge in [0.1, 0.15) is 11.8 Å². The van der Waals surface area contributed by atoms with Crippen molar-refractivity contribution in [1.82, 2.24) is 4.31 Å². The highest BCUT2D eigenvalue weighted by Crippen LogP contribution is 2.28. The van der Waals surface area contributed by atoms with Crippen molar-refractivity contribution in [1.29, 1.82) is 5.26 Å². The van der Waals surface area contributed by atoms with Crippen LogP contribution in [0.15, 0.2) is 47.4 Å². The van der Waals surface area contributed by atoms with Gasteiger partial charge >= 0.3 is 0 Å². The Kier molecular flexibility index (Phi) is 6.98. The van der Waals surface area contributed by atoms with E-state index in [9.17, 15) is 13.2 Å². The molecule has 9 heteroatoms. The number of nitrogens with zero attached hydrogens (tertiary/aromatic N) is 2. The summed E-state index contributed by atoms with van der Waals surface area (Å²) in [5.41, 5.74) is 0.494. The van der Waals surface area contributed by atoms with Gasteiger partial charge in [0.2, 0.25) is 10.0 Å². The molecule has 0 saturated carbocycles. The number of nitriles is 1. The minimum absolute atomic E-state index is 0.0764. The van der Waals surface area contributed by atoms with Crippen LogP contribution >= 0.6 is 11.6 Å². The zero-order chi connectivity index (χ0) is 21.7. The Morgan fingerprint density at radius 2 is 1.90 bits per heavy atom. The first-order chi connectivity index (χ1) is 14.3. The van der Waals surface area contributed by atoms with E-state index in [1.54, 1.807) is 24.3 Å². The molecular formula is C21H22ClN3O4S. The van der Waals surface area contributed by atoms with Crippen molar-refractivity contribution in [2.24, 2.45) is 0 Å². The van der Waals surface area contributed by atoms with Crippen LogP contribution in [0, 0.1) is 11.3 Å². The molecule has 1 unspecified atom stereocenters. The molecule has 1 aliphatic heterocycles. The summed E-state index contributed by atoms with van der Waals surface area (Å²) in [6, 6.07) is 12.8. The maximum Gasteiger partial charge on any atom is 0.265 e. The highest BCUT2D eigenvalue weighted by atomic mass is 35.5. The van der Waals surface area contributed by atoms with E-state index in [0.717, 1.165) is 19.3 Å². The molecule has 1 amide bonds. The molecule has 0 spiro atoms. The van der Waals surface area contributed by atoms with E-state index in [2.05, 4.69) is 5.32 Å². The van der Waals surface area contributed by atoms with E-state index in [1.165, 1.54) is 29.4 Å². The van der Waals surface area contributed by atoms with Gasteiger partial charge in [-0.3, -0.25) is 4.79 Å². The monoisotopic (exact) mass is 447 g/mol. The number of carbonyl (C=O) groups excluding carboxylic acids is 1. The van der Waals surface area contributed by atoms with E-state index in [0.29, 0.717) is 18.7 Å². The van der Waals surface area contributed by atoms with Crippen LogP contribution in [-0.2, 0) is 14.8 Å². The van der Waals surface area contributed by atoms with Crippen molar-refractivity contribution in [3.63, 3.8) is 0 Å². The van der Waals surface area contributed by atoms with Crippen molar-refractivity contribution in [3.05, 3.63) is 53.1 Å². The van der Waals surface area contributed by atoms with Crippen molar-refractivity contribution < 1.29 is 17.9 Å². The molecule has 2 aromatic rings. The molecule has 0 radical (unpaired) electrons. The average Bonchev–Trinajstić information content (AvgIpc) is 2.76. The third kappa shape index (κ3) is 4.93. The summed E-state index contributed by atoms with van der Waals surface area (Å²) in [5.74, 6) is -0.229. The van der Waals surface area contributed by atoms with Gasteiger partial charge in [0.15, 0.2) is 6.10 Å². The summed E-state index contributed by atoms with van der Waals surface area (Å²) in [7, 11) is -3.66. The van der Waals surface area contributed by atoms with Gasteiger partial charge in [-0.25, -0.2) is 8.42 Å². The number of rotatable bonds is 6. The SMILES string of the molecule is CC(Oc1ccccc1C#N)C(=O)Nc1cc(S(=O)(=O)N2CCCCC2)ccc1Cl. The van der Waals surface area contributed by atoms with Crippen molar-refractivity contribution in [3.8, 4) is 11.8 Å². The van der Waals surface area contributed by atoms with Gasteiger partial charge in [-0.15, -0.1) is 0 Å². The number of ether oxygens (including phenoxy) is 1. The largest absolute Gasteiger partial charge is 0.480 e. The zero-order valence-electron chi connectivity index (χ0n) is 16.5. The number of sulfonamides is 1. The summed E-state index contributed by atoms with van der Waals surface area (Å²) in [4.78, 5) is 12.7. The highest BCUT2D eigenvalue weighted by Gasteiger charge is 2.27. The number of piperidine rings is 1. The fourth-order valence-corrected chi connectivity index (χ4v) is 4.86. The Morgan fingerprint density at radius 3 is 2.60 bits per heavy atom. The van der Waals surface area contributed by atoms with E-state index in [-0.39, 0.29) is 21.4 Å². The summed E-state index contributed by atoms with van der Waals surface area (Å²) in [6.07, 6.45) is 1.74. The van der Waals surface area contributed by atoms with Gasteiger partial charge in [0.25, 0.3) is 5.91 Å². The average molecular weight is 448 g/mol. The maximum atomic E-state index is 12.9. The van der Waals surface area contributed by atoms with Gasteiger partial charge < -0.3 is 10.1 Å². The number of amides is 1. The lowest BCUT2D eigenvalue weighted by Gasteiger charge is -2.26. The second kappa shape index (κ2) is 9.47. The topological polar surface area (TPSA) is 99.5 Å². The summed E-state index contributed by atoms with van der Waals surface area (Å²) in [5, 5.41) is 12.0. The minimum Gasteiger partial charge on any atom is -0.480 e. The van der Waals surface area contributed by atoms with Gasteiger partial charge in [0, 0.05) is 13.1 Å². The van der Waals surface area contributed by atoms with Crippen LogP contribution in [0.1, 0.15) is 31.7 Å². The molecule has 1 heterocycles. The number of hydrogen-bond donors (Lipinski definition) is 1. The van der Waals surface area contributed by atoms with Crippen LogP contribution in [0.2, 0.25) is 5.02 Å². The number of carbonyl (C=O) groups is 1. The lowest BCUT2D eigenvalue weighted by molar-refractivity contribution is -0.122. The van der Waals surface area contributed by atoms with Crippen molar-refractivity contribution >= 4 is 33.2 Å². The summed E-state index contributed by atoms with van der Waals surface area (Å²) < 4.78 is 32.8. The highest BCUT2D eigenvalue weighted by molar-refractivity contribution is 7.89. The first-order valence-electron chi connectivity index (χ1n) is 9.59. The first-order valence-corrected chi connectivity index (χ1v) is 11.4. The molecule has 3 rings (SSSR count). The molecule has 7 nitrogen and oxygen atoms in total. The smallest absolute Gasteiger partial charge is 0.265 e. The first kappa shape index (κ1) is 22.1. The molecule has 1 N–H and O–H groups in total. The van der Waals surface area contributed by atoms with Gasteiger partial charge in [-0.05, 0) is 50.1 Å². The fourth-order valence-electron chi connectivity index (χ4n) is 3.16. The third-order valence-corrected chi connectivity index (χ3v) is 7.05. The third-order valence-electron chi connectivity index (χ3n) is 4.83. The predicted molar refractivity (Wildman–Crippen MR) is 114 cm³/mol. The summed E-state index contributed by atoms with van der Waals surface area (Å²) >= 11 is 6.18. The number of nitrogens with one attached hydrogen (secondary N) is 1. The van der Waals surface area contributed by atoms with E-state index >= 15 is 0 Å². The Balaban J connectivity index is 1.76. The van der Waals surface area contributed by atoms with Crippen LogP contribution in [0.4, 0.5) is 5.69 Å². The lowest BCUT2D eigenvalue weighted by Crippen LogP contribution is -2.35. The number of anilines is 1. The zero-order valence-corrected chi connectivity index (χ0v) is 18.0. The number of halogens is 1. The van der Waals surface area contributed by atoms with Gasteiger partial charge in [0.05, 0.1) is 21.2 Å². The Hall–Kier alpha value is -2.60. The van der Waals surface area contributed by atoms with Crippen LogP contribution < -0.4 is 10.1 Å². The second-order valence-electron chi connectivity index (χ2n) is 6.96. The number of benzene rings is 2. The van der Waals surface area contributed by atoms with E-state index < -0.39 is 22.0 Å². The molecule has 158 valence electrons. The summed E-state index contributed by atoms with van der Waals surface area (Å²) in [6.45, 7) is 2.50.